The molecule has 0 aliphatic carbocycles. The third-order valence-electron chi connectivity index (χ3n) is 3.13. The van der Waals surface area contributed by atoms with Gasteiger partial charge in [-0.2, -0.15) is 4.98 Å². The molecule has 94 valence electrons. The lowest BCUT2D eigenvalue weighted by Crippen LogP contribution is -2.44. The van der Waals surface area contributed by atoms with Gasteiger partial charge in [-0.3, -0.25) is 9.88 Å². The molecule has 1 saturated heterocycles. The standard InChI is InChI=1S/C12H15N5O/c1-17-7-6-13-8-10(17)11-15-12(18-16-11)9-4-2-3-5-14-9/h2-5,10,13H,6-8H2,1H3. The monoisotopic (exact) mass is 245 g/mol. The predicted octanol–water partition coefficient (Wildman–Crippen LogP) is 0.708. The van der Waals surface area contributed by atoms with E-state index in [2.05, 4.69) is 32.4 Å². The Kier molecular flexibility index (Phi) is 3.04. The Morgan fingerprint density at radius 1 is 1.44 bits per heavy atom. The highest BCUT2D eigenvalue weighted by molar-refractivity contribution is 5.45. The Hall–Kier alpha value is -1.79. The maximum atomic E-state index is 5.27. The van der Waals surface area contributed by atoms with E-state index in [-0.39, 0.29) is 6.04 Å². The zero-order valence-electron chi connectivity index (χ0n) is 10.2. The molecule has 6 heteroatoms. The van der Waals surface area contributed by atoms with Gasteiger partial charge in [-0.25, -0.2) is 0 Å². The van der Waals surface area contributed by atoms with Crippen LogP contribution >= 0.6 is 0 Å². The Labute approximate surface area is 105 Å². The van der Waals surface area contributed by atoms with Crippen LogP contribution in [0, 0.1) is 0 Å². The third-order valence-corrected chi connectivity index (χ3v) is 3.13. The van der Waals surface area contributed by atoms with E-state index in [0.717, 1.165) is 19.6 Å². The summed E-state index contributed by atoms with van der Waals surface area (Å²) in [7, 11) is 2.07. The number of aromatic nitrogens is 3. The molecular weight excluding hydrogens is 230 g/mol. The molecule has 0 saturated carbocycles. The first-order chi connectivity index (χ1) is 8.84. The molecule has 3 rings (SSSR count). The fraction of sp³-hybridized carbons (Fsp3) is 0.417. The molecule has 1 unspecified atom stereocenters. The summed E-state index contributed by atoms with van der Waals surface area (Å²) in [6, 6.07) is 5.79. The molecule has 0 bridgehead atoms. The number of piperazine rings is 1. The molecule has 0 radical (unpaired) electrons. The normalized spacial score (nSPS) is 21.1. The third kappa shape index (κ3) is 2.12. The van der Waals surface area contributed by atoms with Gasteiger partial charge < -0.3 is 9.84 Å². The average Bonchev–Trinajstić information content (AvgIpc) is 2.90. The van der Waals surface area contributed by atoms with Crippen molar-refractivity contribution in [1.82, 2.24) is 25.3 Å². The van der Waals surface area contributed by atoms with Crippen molar-refractivity contribution in [3.05, 3.63) is 30.2 Å². The first kappa shape index (κ1) is 11.3. The van der Waals surface area contributed by atoms with E-state index in [1.807, 2.05) is 18.2 Å². The van der Waals surface area contributed by atoms with E-state index in [4.69, 9.17) is 4.52 Å². The topological polar surface area (TPSA) is 67.1 Å². The number of hydrogen-bond acceptors (Lipinski definition) is 6. The van der Waals surface area contributed by atoms with Crippen molar-refractivity contribution in [2.75, 3.05) is 26.7 Å². The van der Waals surface area contributed by atoms with Crippen LogP contribution in [-0.4, -0.2) is 46.7 Å². The molecule has 6 nitrogen and oxygen atoms in total. The highest BCUT2D eigenvalue weighted by atomic mass is 16.5. The molecule has 1 N–H and O–H groups in total. The fourth-order valence-electron chi connectivity index (χ4n) is 2.06. The summed E-state index contributed by atoms with van der Waals surface area (Å²) in [4.78, 5) is 10.9. The van der Waals surface area contributed by atoms with Crippen LogP contribution in [0.15, 0.2) is 28.9 Å². The number of likely N-dealkylation sites (N-methyl/N-ethyl adjacent to an activating group) is 1. The predicted molar refractivity (Wildman–Crippen MR) is 65.8 cm³/mol. The smallest absolute Gasteiger partial charge is 0.276 e. The van der Waals surface area contributed by atoms with Crippen LogP contribution in [0.1, 0.15) is 11.9 Å². The summed E-state index contributed by atoms with van der Waals surface area (Å²) in [6.45, 7) is 2.83. The maximum Gasteiger partial charge on any atom is 0.276 e. The maximum absolute atomic E-state index is 5.27. The summed E-state index contributed by atoms with van der Waals surface area (Å²) in [6.07, 6.45) is 1.72. The van der Waals surface area contributed by atoms with Gasteiger partial charge in [0.05, 0.1) is 6.04 Å². The summed E-state index contributed by atoms with van der Waals surface area (Å²) < 4.78 is 5.27. The zero-order valence-corrected chi connectivity index (χ0v) is 10.2. The number of pyridine rings is 1. The molecule has 0 aromatic carbocycles. The van der Waals surface area contributed by atoms with Crippen molar-refractivity contribution >= 4 is 0 Å². The van der Waals surface area contributed by atoms with Crippen molar-refractivity contribution in [2.45, 2.75) is 6.04 Å². The van der Waals surface area contributed by atoms with E-state index >= 15 is 0 Å². The molecule has 1 aliphatic rings. The van der Waals surface area contributed by atoms with Gasteiger partial charge >= 0.3 is 0 Å². The lowest BCUT2D eigenvalue weighted by atomic mass is 10.2. The molecule has 2 aromatic rings. The second-order valence-electron chi connectivity index (χ2n) is 4.37. The second kappa shape index (κ2) is 4.83. The van der Waals surface area contributed by atoms with Crippen molar-refractivity contribution in [1.29, 1.82) is 0 Å². The molecular formula is C12H15N5O. The van der Waals surface area contributed by atoms with Crippen LogP contribution in [0.3, 0.4) is 0 Å². The number of hydrogen-bond donors (Lipinski definition) is 1. The Morgan fingerprint density at radius 2 is 2.39 bits per heavy atom. The number of nitrogens with zero attached hydrogens (tertiary/aromatic N) is 4. The van der Waals surface area contributed by atoms with E-state index in [0.29, 0.717) is 17.4 Å². The van der Waals surface area contributed by atoms with Gasteiger partial charge in [0.2, 0.25) is 0 Å². The summed E-state index contributed by atoms with van der Waals surface area (Å²) >= 11 is 0. The number of nitrogens with one attached hydrogen (secondary N) is 1. The van der Waals surface area contributed by atoms with Gasteiger partial charge in [0.15, 0.2) is 5.82 Å². The van der Waals surface area contributed by atoms with Gasteiger partial charge in [-0.1, -0.05) is 11.2 Å². The van der Waals surface area contributed by atoms with Gasteiger partial charge in [-0.15, -0.1) is 0 Å². The SMILES string of the molecule is CN1CCNCC1c1noc(-c2ccccn2)n1. The molecule has 18 heavy (non-hydrogen) atoms. The van der Waals surface area contributed by atoms with Crippen molar-refractivity contribution in [3.63, 3.8) is 0 Å². The van der Waals surface area contributed by atoms with Gasteiger partial charge in [-0.05, 0) is 19.2 Å². The summed E-state index contributed by atoms with van der Waals surface area (Å²) in [5.74, 6) is 1.19. The summed E-state index contributed by atoms with van der Waals surface area (Å²) in [5.41, 5.74) is 0.711. The molecule has 2 aromatic heterocycles. The van der Waals surface area contributed by atoms with Gasteiger partial charge in [0, 0.05) is 25.8 Å². The van der Waals surface area contributed by atoms with Crippen molar-refractivity contribution < 1.29 is 4.52 Å². The van der Waals surface area contributed by atoms with Crippen LogP contribution in [0.4, 0.5) is 0 Å². The van der Waals surface area contributed by atoms with Gasteiger partial charge in [0.25, 0.3) is 5.89 Å². The second-order valence-corrected chi connectivity index (χ2v) is 4.37. The zero-order chi connectivity index (χ0) is 12.4. The van der Waals surface area contributed by atoms with E-state index in [1.165, 1.54) is 0 Å². The minimum atomic E-state index is 0.167. The Balaban J connectivity index is 1.85. The lowest BCUT2D eigenvalue weighted by molar-refractivity contribution is 0.190. The average molecular weight is 245 g/mol. The molecule has 0 spiro atoms. The van der Waals surface area contributed by atoms with Gasteiger partial charge in [0.1, 0.15) is 5.69 Å². The van der Waals surface area contributed by atoms with Crippen LogP contribution in [-0.2, 0) is 0 Å². The fourth-order valence-corrected chi connectivity index (χ4v) is 2.06. The van der Waals surface area contributed by atoms with E-state index < -0.39 is 0 Å². The molecule has 1 fully saturated rings. The van der Waals surface area contributed by atoms with Crippen LogP contribution < -0.4 is 5.32 Å². The Morgan fingerprint density at radius 3 is 3.17 bits per heavy atom. The van der Waals surface area contributed by atoms with Crippen LogP contribution in [0.25, 0.3) is 11.6 Å². The largest absolute Gasteiger partial charge is 0.332 e. The van der Waals surface area contributed by atoms with Crippen molar-refractivity contribution in [2.24, 2.45) is 0 Å². The minimum absolute atomic E-state index is 0.167. The first-order valence-corrected chi connectivity index (χ1v) is 6.00. The molecule has 1 aliphatic heterocycles. The highest BCUT2D eigenvalue weighted by Crippen LogP contribution is 2.21. The minimum Gasteiger partial charge on any atom is -0.332 e. The van der Waals surface area contributed by atoms with Crippen LogP contribution in [0.5, 0.6) is 0 Å². The molecule has 0 amide bonds. The number of rotatable bonds is 2. The van der Waals surface area contributed by atoms with Crippen molar-refractivity contribution in [3.8, 4) is 11.6 Å². The summed E-state index contributed by atoms with van der Waals surface area (Å²) in [5, 5.41) is 7.39. The van der Waals surface area contributed by atoms with Crippen LogP contribution in [0.2, 0.25) is 0 Å². The van der Waals surface area contributed by atoms with E-state index in [9.17, 15) is 0 Å². The Bertz CT molecular complexity index is 512. The molecule has 1 atom stereocenters. The van der Waals surface area contributed by atoms with E-state index in [1.54, 1.807) is 6.20 Å². The first-order valence-electron chi connectivity index (χ1n) is 6.00. The lowest BCUT2D eigenvalue weighted by Gasteiger charge is -2.30. The quantitative estimate of drug-likeness (QED) is 0.840. The highest BCUT2D eigenvalue weighted by Gasteiger charge is 2.25. The molecule has 3 heterocycles.